The molecule has 0 spiro atoms. The van der Waals surface area contributed by atoms with Crippen LogP contribution in [0.15, 0.2) is 0 Å². The number of rotatable bonds is 6. The van der Waals surface area contributed by atoms with Gasteiger partial charge < -0.3 is 15.3 Å². The van der Waals surface area contributed by atoms with Crippen molar-refractivity contribution in [2.75, 3.05) is 6.54 Å². The smallest absolute Gasteiger partial charge is 0.326 e. The number of nitrogens with zero attached hydrogens (tertiary/aromatic N) is 1. The molecule has 0 aromatic carbocycles. The van der Waals surface area contributed by atoms with Gasteiger partial charge in [-0.15, -0.1) is 0 Å². The van der Waals surface area contributed by atoms with Gasteiger partial charge in [0.1, 0.15) is 6.04 Å². The number of likely N-dealkylation sites (tertiary alicyclic amines) is 1. The standard InChI is InChI=1S/C15H28N2O3/c1-4-6-7-11(3)16-15(20)17-9-8-12(5-2)10-13(17)14(18)19/h11-13H,4-10H2,1-3H3,(H,16,20)(H,18,19). The molecule has 3 atom stereocenters. The summed E-state index contributed by atoms with van der Waals surface area (Å²) in [4.78, 5) is 25.1. The highest BCUT2D eigenvalue weighted by molar-refractivity contribution is 5.83. The molecule has 1 fully saturated rings. The van der Waals surface area contributed by atoms with Gasteiger partial charge in [-0.05, 0) is 32.1 Å². The quantitative estimate of drug-likeness (QED) is 0.788. The van der Waals surface area contributed by atoms with E-state index < -0.39 is 12.0 Å². The second kappa shape index (κ2) is 8.12. The molecular weight excluding hydrogens is 256 g/mol. The molecule has 0 aliphatic carbocycles. The molecule has 1 aliphatic heterocycles. The summed E-state index contributed by atoms with van der Waals surface area (Å²) in [6.07, 6.45) is 5.55. The Kier molecular flexibility index (Phi) is 6.82. The highest BCUT2D eigenvalue weighted by Gasteiger charge is 2.35. The average Bonchev–Trinajstić information content (AvgIpc) is 2.44. The first-order valence-electron chi connectivity index (χ1n) is 7.79. The molecule has 0 bridgehead atoms. The summed E-state index contributed by atoms with van der Waals surface area (Å²) >= 11 is 0. The van der Waals surface area contributed by atoms with E-state index in [1.807, 2.05) is 6.92 Å². The van der Waals surface area contributed by atoms with Crippen LogP contribution in [0.1, 0.15) is 59.3 Å². The van der Waals surface area contributed by atoms with Gasteiger partial charge in [0.25, 0.3) is 0 Å². The minimum atomic E-state index is -0.889. The second-order valence-electron chi connectivity index (χ2n) is 5.84. The van der Waals surface area contributed by atoms with Gasteiger partial charge in [-0.2, -0.15) is 0 Å². The van der Waals surface area contributed by atoms with E-state index in [2.05, 4.69) is 19.2 Å². The lowest BCUT2D eigenvalue weighted by Crippen LogP contribution is -2.54. The first kappa shape index (κ1) is 16.8. The van der Waals surface area contributed by atoms with Crippen LogP contribution < -0.4 is 5.32 Å². The van der Waals surface area contributed by atoms with Crippen LogP contribution in [-0.4, -0.2) is 40.6 Å². The van der Waals surface area contributed by atoms with Gasteiger partial charge in [-0.1, -0.05) is 33.1 Å². The maximum atomic E-state index is 12.2. The highest BCUT2D eigenvalue weighted by atomic mass is 16.4. The topological polar surface area (TPSA) is 69.6 Å². The van der Waals surface area contributed by atoms with Crippen molar-refractivity contribution in [3.63, 3.8) is 0 Å². The monoisotopic (exact) mass is 284 g/mol. The molecule has 0 aromatic rings. The highest BCUT2D eigenvalue weighted by Crippen LogP contribution is 2.25. The maximum Gasteiger partial charge on any atom is 0.326 e. The van der Waals surface area contributed by atoms with Crippen LogP contribution in [0.4, 0.5) is 4.79 Å². The first-order valence-corrected chi connectivity index (χ1v) is 7.79. The normalized spacial score (nSPS) is 24.2. The lowest BCUT2D eigenvalue weighted by atomic mass is 9.89. The molecule has 0 saturated carbocycles. The van der Waals surface area contributed by atoms with E-state index in [9.17, 15) is 14.7 Å². The molecule has 116 valence electrons. The lowest BCUT2D eigenvalue weighted by Gasteiger charge is -2.37. The fourth-order valence-corrected chi connectivity index (χ4v) is 2.76. The second-order valence-corrected chi connectivity index (χ2v) is 5.84. The van der Waals surface area contributed by atoms with Crippen molar-refractivity contribution < 1.29 is 14.7 Å². The Balaban J connectivity index is 2.58. The summed E-state index contributed by atoms with van der Waals surface area (Å²) in [6.45, 7) is 6.71. The molecule has 0 aromatic heterocycles. The van der Waals surface area contributed by atoms with Crippen molar-refractivity contribution in [1.82, 2.24) is 10.2 Å². The third-order valence-electron chi connectivity index (χ3n) is 4.19. The number of piperidine rings is 1. The van der Waals surface area contributed by atoms with Gasteiger partial charge in [0.2, 0.25) is 0 Å². The van der Waals surface area contributed by atoms with Gasteiger partial charge in [0, 0.05) is 12.6 Å². The first-order chi connectivity index (χ1) is 9.49. The largest absolute Gasteiger partial charge is 0.480 e. The Hall–Kier alpha value is -1.26. The zero-order valence-electron chi connectivity index (χ0n) is 12.9. The molecule has 2 amide bonds. The molecule has 5 nitrogen and oxygen atoms in total. The maximum absolute atomic E-state index is 12.2. The van der Waals surface area contributed by atoms with E-state index in [0.717, 1.165) is 32.1 Å². The number of hydrogen-bond acceptors (Lipinski definition) is 2. The van der Waals surface area contributed by atoms with Crippen LogP contribution in [0.25, 0.3) is 0 Å². The number of hydrogen-bond donors (Lipinski definition) is 2. The number of urea groups is 1. The van der Waals surface area contributed by atoms with E-state index in [1.54, 1.807) is 0 Å². The summed E-state index contributed by atoms with van der Waals surface area (Å²) < 4.78 is 0. The minimum absolute atomic E-state index is 0.0980. The average molecular weight is 284 g/mol. The molecule has 1 rings (SSSR count). The van der Waals surface area contributed by atoms with Crippen LogP contribution >= 0.6 is 0 Å². The Morgan fingerprint density at radius 3 is 2.65 bits per heavy atom. The Bertz CT molecular complexity index is 333. The Morgan fingerprint density at radius 1 is 1.40 bits per heavy atom. The van der Waals surface area contributed by atoms with Gasteiger partial charge >= 0.3 is 12.0 Å². The SMILES string of the molecule is CCCCC(C)NC(=O)N1CCC(CC)CC1C(=O)O. The molecule has 1 aliphatic rings. The fraction of sp³-hybridized carbons (Fsp3) is 0.867. The van der Waals surface area contributed by atoms with Gasteiger partial charge in [0.15, 0.2) is 0 Å². The Labute approximate surface area is 121 Å². The van der Waals surface area contributed by atoms with Crippen molar-refractivity contribution in [3.05, 3.63) is 0 Å². The van der Waals surface area contributed by atoms with E-state index >= 15 is 0 Å². The van der Waals surface area contributed by atoms with E-state index in [0.29, 0.717) is 18.9 Å². The predicted molar refractivity (Wildman–Crippen MR) is 78.7 cm³/mol. The van der Waals surface area contributed by atoms with Crippen molar-refractivity contribution in [1.29, 1.82) is 0 Å². The third kappa shape index (κ3) is 4.69. The van der Waals surface area contributed by atoms with Gasteiger partial charge in [-0.25, -0.2) is 9.59 Å². The summed E-state index contributed by atoms with van der Waals surface area (Å²) in [5, 5.41) is 12.3. The van der Waals surface area contributed by atoms with Crippen LogP contribution in [-0.2, 0) is 4.79 Å². The van der Waals surface area contributed by atoms with Gasteiger partial charge in [0.05, 0.1) is 0 Å². The van der Waals surface area contributed by atoms with Crippen molar-refractivity contribution in [2.24, 2.45) is 5.92 Å². The number of unbranched alkanes of at least 4 members (excludes halogenated alkanes) is 1. The molecule has 0 radical (unpaired) electrons. The number of carboxylic acids is 1. The van der Waals surface area contributed by atoms with E-state index in [4.69, 9.17) is 0 Å². The molecule has 3 unspecified atom stereocenters. The van der Waals surface area contributed by atoms with Gasteiger partial charge in [-0.3, -0.25) is 0 Å². The molecule has 20 heavy (non-hydrogen) atoms. The van der Waals surface area contributed by atoms with Crippen LogP contribution in [0.5, 0.6) is 0 Å². The number of nitrogens with one attached hydrogen (secondary N) is 1. The Morgan fingerprint density at radius 2 is 2.10 bits per heavy atom. The molecular formula is C15H28N2O3. The van der Waals surface area contributed by atoms with Crippen molar-refractivity contribution >= 4 is 12.0 Å². The zero-order valence-corrected chi connectivity index (χ0v) is 12.9. The van der Waals surface area contributed by atoms with Crippen LogP contribution in [0, 0.1) is 5.92 Å². The van der Waals surface area contributed by atoms with Crippen LogP contribution in [0.3, 0.4) is 0 Å². The van der Waals surface area contributed by atoms with E-state index in [-0.39, 0.29) is 12.1 Å². The number of carbonyl (C=O) groups is 2. The number of carbonyl (C=O) groups excluding carboxylic acids is 1. The summed E-state index contributed by atoms with van der Waals surface area (Å²) in [7, 11) is 0. The molecule has 1 saturated heterocycles. The summed E-state index contributed by atoms with van der Waals surface area (Å²) in [5.41, 5.74) is 0. The minimum Gasteiger partial charge on any atom is -0.480 e. The number of amides is 2. The lowest BCUT2D eigenvalue weighted by molar-refractivity contribution is -0.144. The predicted octanol–water partition coefficient (Wildman–Crippen LogP) is 2.85. The van der Waals surface area contributed by atoms with Crippen molar-refractivity contribution in [2.45, 2.75) is 71.4 Å². The zero-order chi connectivity index (χ0) is 15.1. The van der Waals surface area contributed by atoms with Crippen molar-refractivity contribution in [3.8, 4) is 0 Å². The van der Waals surface area contributed by atoms with Crippen LogP contribution in [0.2, 0.25) is 0 Å². The third-order valence-corrected chi connectivity index (χ3v) is 4.19. The molecule has 5 heteroatoms. The number of aliphatic carboxylic acids is 1. The fourth-order valence-electron chi connectivity index (χ4n) is 2.76. The molecule has 1 heterocycles. The number of carboxylic acid groups (broad SMARTS) is 1. The summed E-state index contributed by atoms with van der Waals surface area (Å²) in [6, 6.07) is -0.802. The summed E-state index contributed by atoms with van der Waals surface area (Å²) in [5.74, 6) is -0.475. The molecule has 2 N–H and O–H groups in total. The van der Waals surface area contributed by atoms with E-state index in [1.165, 1.54) is 4.90 Å².